The second-order valence-corrected chi connectivity index (χ2v) is 4.45. The topological polar surface area (TPSA) is 65.5 Å². The fraction of sp³-hybridized carbons (Fsp3) is 0.500. The Morgan fingerprint density at radius 2 is 2.00 bits per heavy atom. The van der Waals surface area contributed by atoms with Crippen LogP contribution in [0.5, 0.6) is 5.88 Å². The third-order valence-electron chi connectivity index (χ3n) is 3.05. The molecule has 2 heterocycles. The second-order valence-electron chi connectivity index (χ2n) is 4.45. The number of alkyl halides is 3. The number of piperidine rings is 1. The minimum atomic E-state index is -4.43. The monoisotopic (exact) mass is 289 g/mol. The van der Waals surface area contributed by atoms with Crippen LogP contribution < -0.4 is 9.84 Å². The standard InChI is InChI=1S/C12H13F3N2O3/c13-12(14,15)8-1-2-10(16-7-8)20-9-3-5-17(6-4-9)11(18)19/h1-2,7,9H,3-6H2,(H,18,19)/p-1. The summed E-state index contributed by atoms with van der Waals surface area (Å²) in [6.45, 7) is 0.571. The Bertz CT molecular complexity index is 468. The first-order valence-electron chi connectivity index (χ1n) is 6.02. The van der Waals surface area contributed by atoms with Crippen molar-refractivity contribution in [2.45, 2.75) is 25.1 Å². The van der Waals surface area contributed by atoms with Crippen molar-refractivity contribution in [1.29, 1.82) is 0 Å². The van der Waals surface area contributed by atoms with Crippen molar-refractivity contribution < 1.29 is 27.8 Å². The molecule has 0 saturated carbocycles. The summed E-state index contributed by atoms with van der Waals surface area (Å²) in [4.78, 5) is 15.4. The SMILES string of the molecule is O=C([O-])N1CCC(Oc2ccc(C(F)(F)F)cn2)CC1. The minimum absolute atomic E-state index is 0.102. The van der Waals surface area contributed by atoms with Crippen LogP contribution in [-0.2, 0) is 6.18 Å². The molecule has 1 aromatic heterocycles. The average molecular weight is 289 g/mol. The fourth-order valence-electron chi connectivity index (χ4n) is 1.94. The highest BCUT2D eigenvalue weighted by atomic mass is 19.4. The number of amides is 1. The van der Waals surface area contributed by atoms with E-state index in [9.17, 15) is 23.1 Å². The number of rotatable bonds is 2. The molecule has 1 fully saturated rings. The van der Waals surface area contributed by atoms with Crippen LogP contribution in [-0.4, -0.2) is 35.2 Å². The number of hydrogen-bond donors (Lipinski definition) is 0. The first kappa shape index (κ1) is 14.4. The van der Waals surface area contributed by atoms with Gasteiger partial charge in [0, 0.05) is 38.2 Å². The highest BCUT2D eigenvalue weighted by molar-refractivity contribution is 5.62. The lowest BCUT2D eigenvalue weighted by atomic mass is 10.1. The van der Waals surface area contributed by atoms with E-state index in [0.29, 0.717) is 19.0 Å². The van der Waals surface area contributed by atoms with Gasteiger partial charge >= 0.3 is 6.18 Å². The molecule has 0 spiro atoms. The van der Waals surface area contributed by atoms with Crippen LogP contribution in [0.1, 0.15) is 18.4 Å². The molecule has 0 aliphatic carbocycles. The number of carboxylic acid groups (broad SMARTS) is 1. The number of pyridine rings is 1. The van der Waals surface area contributed by atoms with Gasteiger partial charge in [0.15, 0.2) is 0 Å². The molecular formula is C12H12F3N2O3-. The third-order valence-corrected chi connectivity index (χ3v) is 3.05. The number of hydrogen-bond acceptors (Lipinski definition) is 4. The molecule has 0 aromatic carbocycles. The van der Waals surface area contributed by atoms with Crippen molar-refractivity contribution in [3.8, 4) is 5.88 Å². The number of ether oxygens (including phenoxy) is 1. The van der Waals surface area contributed by atoms with Gasteiger partial charge in [-0.15, -0.1) is 0 Å². The minimum Gasteiger partial charge on any atom is -0.530 e. The van der Waals surface area contributed by atoms with Crippen molar-refractivity contribution in [3.05, 3.63) is 23.9 Å². The van der Waals surface area contributed by atoms with Crippen LogP contribution in [0, 0.1) is 0 Å². The number of nitrogens with zero attached hydrogens (tertiary/aromatic N) is 2. The van der Waals surface area contributed by atoms with Gasteiger partial charge in [-0.2, -0.15) is 13.2 Å². The second kappa shape index (κ2) is 5.56. The van der Waals surface area contributed by atoms with Crippen LogP contribution in [0.2, 0.25) is 0 Å². The normalized spacial score (nSPS) is 17.1. The Morgan fingerprint density at radius 1 is 1.35 bits per heavy atom. The Kier molecular flexibility index (Phi) is 4.01. The van der Waals surface area contributed by atoms with Gasteiger partial charge in [0.2, 0.25) is 5.88 Å². The predicted octanol–water partition coefficient (Wildman–Crippen LogP) is 1.29. The van der Waals surface area contributed by atoms with Crippen LogP contribution in [0.25, 0.3) is 0 Å². The Hall–Kier alpha value is -1.99. The zero-order valence-electron chi connectivity index (χ0n) is 10.4. The molecule has 0 atom stereocenters. The van der Waals surface area contributed by atoms with E-state index in [1.165, 1.54) is 4.90 Å². The summed E-state index contributed by atoms with van der Waals surface area (Å²) in [6.07, 6.45) is -4.28. The zero-order valence-corrected chi connectivity index (χ0v) is 10.4. The molecule has 1 aromatic rings. The molecule has 20 heavy (non-hydrogen) atoms. The number of likely N-dealkylation sites (tertiary alicyclic amines) is 1. The molecule has 2 rings (SSSR count). The van der Waals surface area contributed by atoms with Gasteiger partial charge in [-0.05, 0) is 6.07 Å². The van der Waals surface area contributed by atoms with Crippen molar-refractivity contribution in [1.82, 2.24) is 9.88 Å². The van der Waals surface area contributed by atoms with Gasteiger partial charge in [-0.3, -0.25) is 0 Å². The zero-order chi connectivity index (χ0) is 14.8. The lowest BCUT2D eigenvalue weighted by Gasteiger charge is -2.33. The van der Waals surface area contributed by atoms with Gasteiger partial charge in [0.25, 0.3) is 0 Å². The fourth-order valence-corrected chi connectivity index (χ4v) is 1.94. The van der Waals surface area contributed by atoms with Crippen LogP contribution in [0.3, 0.4) is 0 Å². The van der Waals surface area contributed by atoms with Gasteiger partial charge in [0.1, 0.15) is 12.2 Å². The molecule has 110 valence electrons. The lowest BCUT2D eigenvalue weighted by molar-refractivity contribution is -0.266. The van der Waals surface area contributed by atoms with E-state index in [-0.39, 0.29) is 25.1 Å². The largest absolute Gasteiger partial charge is 0.530 e. The number of carbonyl (C=O) groups excluding carboxylic acids is 1. The summed E-state index contributed by atoms with van der Waals surface area (Å²) in [6, 6.07) is 2.06. The van der Waals surface area contributed by atoms with Crippen molar-refractivity contribution >= 4 is 6.09 Å². The molecule has 1 aliphatic heterocycles. The maximum atomic E-state index is 12.3. The van der Waals surface area contributed by atoms with Gasteiger partial charge in [-0.1, -0.05) is 0 Å². The average Bonchev–Trinajstić information content (AvgIpc) is 2.39. The van der Waals surface area contributed by atoms with E-state index in [1.54, 1.807) is 0 Å². The molecule has 1 amide bonds. The van der Waals surface area contributed by atoms with Gasteiger partial charge in [0.05, 0.1) is 5.56 Å². The van der Waals surface area contributed by atoms with Gasteiger partial charge in [-0.25, -0.2) is 4.98 Å². The van der Waals surface area contributed by atoms with E-state index in [4.69, 9.17) is 4.74 Å². The highest BCUT2D eigenvalue weighted by Crippen LogP contribution is 2.29. The smallest absolute Gasteiger partial charge is 0.417 e. The Balaban J connectivity index is 1.90. The van der Waals surface area contributed by atoms with E-state index in [1.807, 2.05) is 0 Å². The first-order valence-corrected chi connectivity index (χ1v) is 6.02. The van der Waals surface area contributed by atoms with Crippen LogP contribution in [0.4, 0.5) is 18.0 Å². The van der Waals surface area contributed by atoms with Crippen molar-refractivity contribution in [3.63, 3.8) is 0 Å². The molecular weight excluding hydrogens is 277 g/mol. The summed E-state index contributed by atoms with van der Waals surface area (Å²) in [5.74, 6) is 0.102. The number of carbonyl (C=O) groups is 1. The first-order chi connectivity index (χ1) is 9.36. The maximum absolute atomic E-state index is 12.3. The van der Waals surface area contributed by atoms with Crippen LogP contribution >= 0.6 is 0 Å². The van der Waals surface area contributed by atoms with Gasteiger partial charge < -0.3 is 19.5 Å². The lowest BCUT2D eigenvalue weighted by Crippen LogP contribution is -2.47. The molecule has 1 aliphatic rings. The van der Waals surface area contributed by atoms with E-state index >= 15 is 0 Å². The maximum Gasteiger partial charge on any atom is 0.417 e. The predicted molar refractivity (Wildman–Crippen MR) is 59.9 cm³/mol. The van der Waals surface area contributed by atoms with Crippen molar-refractivity contribution in [2.75, 3.05) is 13.1 Å². The summed E-state index contributed by atoms with van der Waals surface area (Å²) in [5, 5.41) is 10.6. The molecule has 8 heteroatoms. The van der Waals surface area contributed by atoms with Crippen LogP contribution in [0.15, 0.2) is 18.3 Å². The molecule has 1 saturated heterocycles. The van der Waals surface area contributed by atoms with E-state index in [0.717, 1.165) is 12.1 Å². The quantitative estimate of drug-likeness (QED) is 0.823. The number of aromatic nitrogens is 1. The Morgan fingerprint density at radius 3 is 2.45 bits per heavy atom. The molecule has 0 radical (unpaired) electrons. The third kappa shape index (κ3) is 3.52. The van der Waals surface area contributed by atoms with E-state index < -0.39 is 17.8 Å². The summed E-state index contributed by atoms with van der Waals surface area (Å²) in [7, 11) is 0. The molecule has 0 bridgehead atoms. The van der Waals surface area contributed by atoms with E-state index in [2.05, 4.69) is 4.98 Å². The highest BCUT2D eigenvalue weighted by Gasteiger charge is 2.31. The van der Waals surface area contributed by atoms with Crippen molar-refractivity contribution in [2.24, 2.45) is 0 Å². The summed E-state index contributed by atoms with van der Waals surface area (Å²) >= 11 is 0. The molecule has 0 unspecified atom stereocenters. The number of halogens is 3. The summed E-state index contributed by atoms with van der Waals surface area (Å²) in [5.41, 5.74) is -0.836. The summed E-state index contributed by atoms with van der Waals surface area (Å²) < 4.78 is 42.5. The molecule has 5 nitrogen and oxygen atoms in total. The Labute approximate surface area is 113 Å². The molecule has 0 N–H and O–H groups in total.